The molecule has 0 aromatic heterocycles. The molecule has 0 aliphatic carbocycles. The first-order valence-corrected chi connectivity index (χ1v) is 7.77. The molecule has 1 aromatic rings. The van der Waals surface area contributed by atoms with Gasteiger partial charge in [-0.15, -0.1) is 0 Å². The smallest absolute Gasteiger partial charge is 0.233 e. The number of benzene rings is 1. The highest BCUT2D eigenvalue weighted by Gasteiger charge is 2.40. The van der Waals surface area contributed by atoms with Gasteiger partial charge in [-0.1, -0.05) is 34.8 Å². The zero-order chi connectivity index (χ0) is 15.5. The van der Waals surface area contributed by atoms with E-state index in [9.17, 15) is 4.79 Å². The van der Waals surface area contributed by atoms with Crippen molar-refractivity contribution in [3.05, 3.63) is 27.2 Å². The number of amides is 1. The lowest BCUT2D eigenvalue weighted by Crippen LogP contribution is -2.47. The van der Waals surface area contributed by atoms with Crippen LogP contribution >= 0.6 is 34.8 Å². The number of hydrogen-bond donors (Lipinski definition) is 2. The molecule has 2 N–H and O–H groups in total. The Morgan fingerprint density at radius 2 is 1.86 bits per heavy atom. The summed E-state index contributed by atoms with van der Waals surface area (Å²) < 4.78 is 5.25. The Labute approximate surface area is 139 Å². The second-order valence-electron chi connectivity index (χ2n) is 5.16. The third-order valence-corrected chi connectivity index (χ3v) is 4.52. The zero-order valence-electron chi connectivity index (χ0n) is 11.6. The van der Waals surface area contributed by atoms with Gasteiger partial charge in [0.1, 0.15) is 0 Å². The maximum atomic E-state index is 12.7. The summed E-state index contributed by atoms with van der Waals surface area (Å²) in [6.45, 7) is 1.92. The summed E-state index contributed by atoms with van der Waals surface area (Å²) in [6, 6.07) is 3.10. The number of nitrogens with one attached hydrogen (secondary N) is 2. The van der Waals surface area contributed by atoms with Crippen LogP contribution in [0.2, 0.25) is 15.1 Å². The molecule has 7 heteroatoms. The molecule has 0 bridgehead atoms. The number of carbonyl (C=O) groups excluding carboxylic acids is 1. The van der Waals surface area contributed by atoms with Crippen LogP contribution in [0.4, 0.5) is 5.69 Å². The first kappa shape index (κ1) is 16.8. The molecule has 1 aliphatic heterocycles. The molecular weight excluding hydrogens is 335 g/mol. The third kappa shape index (κ3) is 3.82. The lowest BCUT2D eigenvalue weighted by atomic mass is 9.78. The Balaban J connectivity index is 2.23. The Hall–Kier alpha value is -0.520. The van der Waals surface area contributed by atoms with Gasteiger partial charge in [-0.2, -0.15) is 0 Å². The molecule has 0 saturated carbocycles. The minimum absolute atomic E-state index is 0.128. The molecule has 1 amide bonds. The van der Waals surface area contributed by atoms with E-state index in [4.69, 9.17) is 39.5 Å². The van der Waals surface area contributed by atoms with Crippen LogP contribution in [0.1, 0.15) is 12.8 Å². The van der Waals surface area contributed by atoms with Crippen LogP contribution in [-0.2, 0) is 9.53 Å². The molecule has 0 spiro atoms. The van der Waals surface area contributed by atoms with Gasteiger partial charge in [0.25, 0.3) is 0 Å². The van der Waals surface area contributed by atoms with Crippen LogP contribution in [0.15, 0.2) is 12.1 Å². The molecule has 1 aliphatic rings. The van der Waals surface area contributed by atoms with E-state index in [0.717, 1.165) is 13.1 Å². The zero-order valence-corrected chi connectivity index (χ0v) is 13.9. The van der Waals surface area contributed by atoms with Crippen LogP contribution in [0.5, 0.6) is 0 Å². The van der Waals surface area contributed by atoms with Crippen molar-refractivity contribution in [1.82, 2.24) is 5.32 Å². The normalized spacial score (nSPS) is 17.5. The second kappa shape index (κ2) is 7.16. The van der Waals surface area contributed by atoms with Gasteiger partial charge in [0, 0.05) is 12.1 Å². The van der Waals surface area contributed by atoms with Crippen molar-refractivity contribution in [2.45, 2.75) is 12.8 Å². The Bertz CT molecular complexity index is 502. The minimum Gasteiger partial charge on any atom is -0.384 e. The van der Waals surface area contributed by atoms with E-state index in [0.29, 0.717) is 40.2 Å². The fourth-order valence-corrected chi connectivity index (χ4v) is 3.44. The third-order valence-electron chi connectivity index (χ3n) is 3.71. The summed E-state index contributed by atoms with van der Waals surface area (Å²) >= 11 is 18.1. The van der Waals surface area contributed by atoms with E-state index in [-0.39, 0.29) is 5.91 Å². The molecule has 0 unspecified atom stereocenters. The van der Waals surface area contributed by atoms with E-state index in [1.165, 1.54) is 0 Å². The average Bonchev–Trinajstić information content (AvgIpc) is 2.44. The van der Waals surface area contributed by atoms with Gasteiger partial charge in [-0.25, -0.2) is 0 Å². The SMILES string of the molecule is COCC1(C(=O)Nc2c(Cl)cc(Cl)cc2Cl)CCNCC1. The minimum atomic E-state index is -0.563. The first-order chi connectivity index (χ1) is 9.98. The lowest BCUT2D eigenvalue weighted by Gasteiger charge is -2.35. The Morgan fingerprint density at radius 3 is 2.38 bits per heavy atom. The van der Waals surface area contributed by atoms with E-state index >= 15 is 0 Å². The summed E-state index contributed by atoms with van der Waals surface area (Å²) in [5.41, 5.74) is -0.173. The van der Waals surface area contributed by atoms with Crippen LogP contribution in [0, 0.1) is 5.41 Å². The van der Waals surface area contributed by atoms with Crippen molar-refractivity contribution in [1.29, 1.82) is 0 Å². The van der Waals surface area contributed by atoms with Crippen LogP contribution in [0.25, 0.3) is 0 Å². The molecule has 0 radical (unpaired) electrons. The van der Waals surface area contributed by atoms with Gasteiger partial charge in [-0.3, -0.25) is 4.79 Å². The number of ether oxygens (including phenoxy) is 1. The van der Waals surface area contributed by atoms with Crippen molar-refractivity contribution in [2.24, 2.45) is 5.41 Å². The van der Waals surface area contributed by atoms with Gasteiger partial charge in [0.2, 0.25) is 5.91 Å². The number of hydrogen-bond acceptors (Lipinski definition) is 3. The summed E-state index contributed by atoms with van der Waals surface area (Å²) in [6.07, 6.45) is 1.41. The Kier molecular flexibility index (Phi) is 5.74. The molecule has 1 heterocycles. The predicted octanol–water partition coefficient (Wildman–Crippen LogP) is 3.60. The molecule has 4 nitrogen and oxygen atoms in total. The molecule has 116 valence electrons. The molecule has 21 heavy (non-hydrogen) atoms. The van der Waals surface area contributed by atoms with Crippen molar-refractivity contribution >= 4 is 46.4 Å². The number of rotatable bonds is 4. The fourth-order valence-electron chi connectivity index (χ4n) is 2.53. The topological polar surface area (TPSA) is 50.4 Å². The Morgan fingerprint density at radius 1 is 1.29 bits per heavy atom. The monoisotopic (exact) mass is 350 g/mol. The van der Waals surface area contributed by atoms with Gasteiger partial charge in [0.15, 0.2) is 0 Å². The quantitative estimate of drug-likeness (QED) is 0.871. The molecule has 1 aromatic carbocycles. The van der Waals surface area contributed by atoms with Gasteiger partial charge < -0.3 is 15.4 Å². The molecule has 0 atom stereocenters. The maximum Gasteiger partial charge on any atom is 0.233 e. The highest BCUT2D eigenvalue weighted by molar-refractivity contribution is 6.42. The summed E-state index contributed by atoms with van der Waals surface area (Å²) in [5, 5.41) is 7.14. The lowest BCUT2D eigenvalue weighted by molar-refractivity contribution is -0.130. The summed E-state index contributed by atoms with van der Waals surface area (Å²) in [4.78, 5) is 12.7. The maximum absolute atomic E-state index is 12.7. The van der Waals surface area contributed by atoms with Gasteiger partial charge in [-0.05, 0) is 38.1 Å². The first-order valence-electron chi connectivity index (χ1n) is 6.64. The fraction of sp³-hybridized carbons (Fsp3) is 0.500. The van der Waals surface area contributed by atoms with E-state index < -0.39 is 5.41 Å². The molecular formula is C14H17Cl3N2O2. The highest BCUT2D eigenvalue weighted by atomic mass is 35.5. The summed E-state index contributed by atoms with van der Waals surface area (Å²) in [7, 11) is 1.60. The molecule has 1 fully saturated rings. The molecule has 1 saturated heterocycles. The molecule has 2 rings (SSSR count). The largest absolute Gasteiger partial charge is 0.384 e. The number of methoxy groups -OCH3 is 1. The number of halogens is 3. The number of anilines is 1. The van der Waals surface area contributed by atoms with Crippen molar-refractivity contribution in [2.75, 3.05) is 32.1 Å². The standard InChI is InChI=1S/C14H17Cl3N2O2/c1-21-8-14(2-4-18-5-3-14)13(20)19-12-10(16)6-9(15)7-11(12)17/h6-7,18H,2-5,8H2,1H3,(H,19,20). The van der Waals surface area contributed by atoms with Crippen molar-refractivity contribution in [3.63, 3.8) is 0 Å². The van der Waals surface area contributed by atoms with Crippen LogP contribution in [-0.4, -0.2) is 32.7 Å². The number of piperidine rings is 1. The van der Waals surface area contributed by atoms with E-state index in [1.807, 2.05) is 0 Å². The number of carbonyl (C=O) groups is 1. The van der Waals surface area contributed by atoms with Crippen LogP contribution in [0.3, 0.4) is 0 Å². The van der Waals surface area contributed by atoms with E-state index in [1.54, 1.807) is 19.2 Å². The highest BCUT2D eigenvalue weighted by Crippen LogP contribution is 2.36. The van der Waals surface area contributed by atoms with E-state index in [2.05, 4.69) is 10.6 Å². The predicted molar refractivity (Wildman–Crippen MR) is 86.5 cm³/mol. The summed E-state index contributed by atoms with van der Waals surface area (Å²) in [5.74, 6) is -0.128. The van der Waals surface area contributed by atoms with Crippen molar-refractivity contribution in [3.8, 4) is 0 Å². The van der Waals surface area contributed by atoms with Crippen LogP contribution < -0.4 is 10.6 Å². The average molecular weight is 352 g/mol. The second-order valence-corrected chi connectivity index (χ2v) is 6.41. The van der Waals surface area contributed by atoms with Gasteiger partial charge >= 0.3 is 0 Å². The van der Waals surface area contributed by atoms with Gasteiger partial charge in [0.05, 0.1) is 27.8 Å². The van der Waals surface area contributed by atoms with Crippen molar-refractivity contribution < 1.29 is 9.53 Å².